The summed E-state index contributed by atoms with van der Waals surface area (Å²) in [5, 5.41) is 6.79. The fraction of sp³-hybridized carbons (Fsp3) is 0.286. The van der Waals surface area contributed by atoms with Crippen LogP contribution >= 0.6 is 11.6 Å². The molecule has 8 nitrogen and oxygen atoms in total. The molecule has 2 aromatic carbocycles. The van der Waals surface area contributed by atoms with Gasteiger partial charge in [0, 0.05) is 31.3 Å². The van der Waals surface area contributed by atoms with E-state index in [-0.39, 0.29) is 28.2 Å². The average molecular weight is 461 g/mol. The highest BCUT2D eigenvalue weighted by Crippen LogP contribution is 2.31. The maximum Gasteiger partial charge on any atom is 0.244 e. The summed E-state index contributed by atoms with van der Waals surface area (Å²) in [6, 6.07) is 13.7. The number of nitrogens with one attached hydrogen (secondary N) is 1. The number of anilines is 1. The molecule has 1 aliphatic heterocycles. The molecule has 1 aromatic heterocycles. The molecule has 3 aromatic rings. The van der Waals surface area contributed by atoms with Gasteiger partial charge < -0.3 is 9.84 Å². The van der Waals surface area contributed by atoms with Crippen LogP contribution in [-0.4, -0.2) is 41.9 Å². The van der Waals surface area contributed by atoms with Crippen molar-refractivity contribution in [3.63, 3.8) is 0 Å². The first-order valence-electron chi connectivity index (χ1n) is 9.81. The monoisotopic (exact) mass is 460 g/mol. The molecular formula is C21H21ClN4O4S. The smallest absolute Gasteiger partial charge is 0.244 e. The second-order valence-electron chi connectivity index (χ2n) is 7.34. The number of benzene rings is 2. The van der Waals surface area contributed by atoms with Crippen molar-refractivity contribution in [2.45, 2.75) is 24.7 Å². The van der Waals surface area contributed by atoms with E-state index in [1.54, 1.807) is 25.1 Å². The number of nitrogens with zero attached hydrogens (tertiary/aromatic N) is 3. The molecule has 0 unspecified atom stereocenters. The van der Waals surface area contributed by atoms with Gasteiger partial charge in [-0.1, -0.05) is 35.0 Å². The SMILES string of the molecule is Cc1nc(-c2ccc(Cl)c(S(=O)(=O)N3CCC[C@H](C(=O)Nc4ccccc4)C3)c2)no1. The zero-order valence-electron chi connectivity index (χ0n) is 16.8. The molecule has 1 saturated heterocycles. The van der Waals surface area contributed by atoms with Gasteiger partial charge in [-0.15, -0.1) is 0 Å². The molecule has 4 rings (SSSR count). The molecule has 0 aliphatic carbocycles. The molecule has 162 valence electrons. The van der Waals surface area contributed by atoms with Gasteiger partial charge in [0.05, 0.1) is 10.9 Å². The molecule has 1 atom stereocenters. The molecule has 1 fully saturated rings. The van der Waals surface area contributed by atoms with Gasteiger partial charge in [-0.25, -0.2) is 8.42 Å². The van der Waals surface area contributed by atoms with Crippen molar-refractivity contribution >= 4 is 33.2 Å². The first-order valence-corrected chi connectivity index (χ1v) is 11.6. The number of carbonyl (C=O) groups excluding carboxylic acids is 1. The van der Waals surface area contributed by atoms with E-state index in [0.717, 1.165) is 0 Å². The second-order valence-corrected chi connectivity index (χ2v) is 9.65. The van der Waals surface area contributed by atoms with Crippen LogP contribution in [0.4, 0.5) is 5.69 Å². The maximum atomic E-state index is 13.4. The Hall–Kier alpha value is -2.75. The van der Waals surface area contributed by atoms with Crippen LogP contribution < -0.4 is 5.32 Å². The zero-order valence-corrected chi connectivity index (χ0v) is 18.4. The van der Waals surface area contributed by atoms with Crippen LogP contribution in [0.25, 0.3) is 11.4 Å². The molecule has 0 saturated carbocycles. The normalized spacial score (nSPS) is 17.4. The molecule has 0 spiro atoms. The summed E-state index contributed by atoms with van der Waals surface area (Å²) in [4.78, 5) is 16.8. The Bertz CT molecular complexity index is 1200. The quantitative estimate of drug-likeness (QED) is 0.621. The summed E-state index contributed by atoms with van der Waals surface area (Å²) in [6.07, 6.45) is 1.19. The number of piperidine rings is 1. The number of rotatable bonds is 5. The number of amides is 1. The van der Waals surface area contributed by atoms with Crippen LogP contribution in [0.2, 0.25) is 5.02 Å². The highest BCUT2D eigenvalue weighted by atomic mass is 35.5. The average Bonchev–Trinajstić information content (AvgIpc) is 3.21. The fourth-order valence-electron chi connectivity index (χ4n) is 3.54. The third-order valence-corrected chi connectivity index (χ3v) is 7.48. The summed E-state index contributed by atoms with van der Waals surface area (Å²) in [6.45, 7) is 2.06. The summed E-state index contributed by atoms with van der Waals surface area (Å²) >= 11 is 6.25. The molecule has 1 aliphatic rings. The largest absolute Gasteiger partial charge is 0.339 e. The van der Waals surface area contributed by atoms with Crippen molar-refractivity contribution in [3.8, 4) is 11.4 Å². The minimum absolute atomic E-state index is 0.0433. The Kier molecular flexibility index (Phi) is 6.08. The number of hydrogen-bond donors (Lipinski definition) is 1. The van der Waals surface area contributed by atoms with E-state index >= 15 is 0 Å². The topological polar surface area (TPSA) is 105 Å². The summed E-state index contributed by atoms with van der Waals surface area (Å²) in [7, 11) is -3.92. The van der Waals surface area contributed by atoms with Crippen molar-refractivity contribution in [3.05, 3.63) is 59.4 Å². The predicted octanol–water partition coefficient (Wildman–Crippen LogP) is 3.74. The van der Waals surface area contributed by atoms with Crippen LogP contribution in [0.3, 0.4) is 0 Å². The van der Waals surface area contributed by atoms with Crippen LogP contribution in [-0.2, 0) is 14.8 Å². The lowest BCUT2D eigenvalue weighted by atomic mass is 9.99. The third kappa shape index (κ3) is 4.63. The Labute approximate surface area is 185 Å². The number of sulfonamides is 1. The molecule has 2 heterocycles. The van der Waals surface area contributed by atoms with Crippen LogP contribution in [0.1, 0.15) is 18.7 Å². The van der Waals surface area contributed by atoms with E-state index < -0.39 is 15.9 Å². The molecule has 10 heteroatoms. The first-order chi connectivity index (χ1) is 14.8. The van der Waals surface area contributed by atoms with E-state index in [1.807, 2.05) is 18.2 Å². The standard InChI is InChI=1S/C21H21ClN4O4S/c1-14-23-20(25-30-14)15-9-10-18(22)19(12-15)31(28,29)26-11-5-6-16(13-26)21(27)24-17-7-3-2-4-8-17/h2-4,7-10,12,16H,5-6,11,13H2,1H3,(H,24,27)/t16-/m0/s1. The summed E-state index contributed by atoms with van der Waals surface area (Å²) in [5.41, 5.74) is 1.16. The number of hydrogen-bond acceptors (Lipinski definition) is 6. The predicted molar refractivity (Wildman–Crippen MR) is 116 cm³/mol. The van der Waals surface area contributed by atoms with Gasteiger partial charge in [-0.3, -0.25) is 4.79 Å². The van der Waals surface area contributed by atoms with E-state index in [2.05, 4.69) is 15.5 Å². The lowest BCUT2D eigenvalue weighted by molar-refractivity contribution is -0.120. The Balaban J connectivity index is 1.56. The Morgan fingerprint density at radius 2 is 2.00 bits per heavy atom. The maximum absolute atomic E-state index is 13.4. The van der Waals surface area contributed by atoms with Gasteiger partial charge in [0.2, 0.25) is 27.6 Å². The van der Waals surface area contributed by atoms with E-state index in [9.17, 15) is 13.2 Å². The van der Waals surface area contributed by atoms with Crippen LogP contribution in [0, 0.1) is 12.8 Å². The molecule has 0 bridgehead atoms. The lowest BCUT2D eigenvalue weighted by Crippen LogP contribution is -2.43. The van der Waals surface area contributed by atoms with Crippen LogP contribution in [0.5, 0.6) is 0 Å². The van der Waals surface area contributed by atoms with Gasteiger partial charge in [-0.05, 0) is 43.2 Å². The molecular weight excluding hydrogens is 440 g/mol. The van der Waals surface area contributed by atoms with E-state index in [0.29, 0.717) is 36.5 Å². The number of para-hydroxylation sites is 1. The highest BCUT2D eigenvalue weighted by molar-refractivity contribution is 7.89. The van der Waals surface area contributed by atoms with E-state index in [1.165, 1.54) is 16.4 Å². The minimum atomic E-state index is -3.92. The first kappa shape index (κ1) is 21.5. The lowest BCUT2D eigenvalue weighted by Gasteiger charge is -2.31. The van der Waals surface area contributed by atoms with Gasteiger partial charge in [0.1, 0.15) is 4.90 Å². The molecule has 31 heavy (non-hydrogen) atoms. The number of aromatic nitrogens is 2. The van der Waals surface area contributed by atoms with Gasteiger partial charge in [0.25, 0.3) is 0 Å². The van der Waals surface area contributed by atoms with Crippen LogP contribution in [0.15, 0.2) is 57.9 Å². The summed E-state index contributed by atoms with van der Waals surface area (Å²) < 4.78 is 33.0. The Morgan fingerprint density at radius 3 is 2.71 bits per heavy atom. The number of halogens is 1. The fourth-order valence-corrected chi connectivity index (χ4v) is 5.56. The van der Waals surface area contributed by atoms with Crippen molar-refractivity contribution < 1.29 is 17.7 Å². The second kappa shape index (κ2) is 8.78. The van der Waals surface area contributed by atoms with Crippen molar-refractivity contribution in [2.24, 2.45) is 5.92 Å². The Morgan fingerprint density at radius 1 is 1.23 bits per heavy atom. The van der Waals surface area contributed by atoms with Crippen molar-refractivity contribution in [1.29, 1.82) is 0 Å². The molecule has 1 amide bonds. The minimum Gasteiger partial charge on any atom is -0.339 e. The molecule has 1 N–H and O–H groups in total. The molecule has 0 radical (unpaired) electrons. The zero-order chi connectivity index (χ0) is 22.0. The van der Waals surface area contributed by atoms with Gasteiger partial charge in [-0.2, -0.15) is 9.29 Å². The highest BCUT2D eigenvalue weighted by Gasteiger charge is 2.34. The summed E-state index contributed by atoms with van der Waals surface area (Å²) in [5.74, 6) is 0.000741. The van der Waals surface area contributed by atoms with E-state index in [4.69, 9.17) is 16.1 Å². The number of aryl methyl sites for hydroxylation is 1. The van der Waals surface area contributed by atoms with Crippen molar-refractivity contribution in [2.75, 3.05) is 18.4 Å². The number of carbonyl (C=O) groups is 1. The van der Waals surface area contributed by atoms with Gasteiger partial charge in [0.15, 0.2) is 0 Å². The third-order valence-electron chi connectivity index (χ3n) is 5.13. The van der Waals surface area contributed by atoms with Crippen molar-refractivity contribution in [1.82, 2.24) is 14.4 Å². The van der Waals surface area contributed by atoms with Gasteiger partial charge >= 0.3 is 0 Å².